The second-order valence-corrected chi connectivity index (χ2v) is 12.0. The number of ether oxygens (including phenoxy) is 1. The average molecular weight is 301 g/mol. The molecule has 0 aromatic rings. The third-order valence-corrected chi connectivity index (χ3v) is 8.93. The van der Waals surface area contributed by atoms with Crippen LogP contribution in [-0.2, 0) is 18.8 Å². The van der Waals surface area contributed by atoms with Gasteiger partial charge in [-0.05, 0) is 32.0 Å². The minimum Gasteiger partial charge on any atom is -0.439 e. The zero-order valence-corrected chi connectivity index (χ0v) is 14.8. The molecule has 6 heteroatoms. The fraction of sp³-hybridized carbons (Fsp3) is 0.857. The van der Waals surface area contributed by atoms with Gasteiger partial charge in [-0.25, -0.2) is 0 Å². The van der Waals surface area contributed by atoms with Crippen molar-refractivity contribution in [3.05, 3.63) is 0 Å². The van der Waals surface area contributed by atoms with Gasteiger partial charge in [0.25, 0.3) is 0 Å². The van der Waals surface area contributed by atoms with Gasteiger partial charge in [-0.15, -0.1) is 0 Å². The van der Waals surface area contributed by atoms with Crippen molar-refractivity contribution < 1.29 is 18.8 Å². The maximum atomic E-state index is 11.8. The van der Waals surface area contributed by atoms with Crippen LogP contribution in [0.15, 0.2) is 0 Å². The Morgan fingerprint density at radius 2 is 1.90 bits per heavy atom. The summed E-state index contributed by atoms with van der Waals surface area (Å²) in [6.45, 7) is 15.7. The van der Waals surface area contributed by atoms with Gasteiger partial charge in [-0.2, -0.15) is 0 Å². The molecule has 0 aromatic heterocycles. The highest BCUT2D eigenvalue weighted by Crippen LogP contribution is 2.40. The molecule has 3 atom stereocenters. The maximum absolute atomic E-state index is 11.8. The molecule has 1 aliphatic rings. The first-order valence-corrected chi connectivity index (χ1v) is 9.90. The minimum atomic E-state index is -1.97. The van der Waals surface area contributed by atoms with Crippen molar-refractivity contribution in [3.63, 3.8) is 0 Å². The Bertz CT molecular complexity index is 416. The number of hydrogen-bond donors (Lipinski definition) is 1. The van der Waals surface area contributed by atoms with Crippen LogP contribution in [0, 0.1) is 5.92 Å². The van der Waals surface area contributed by atoms with Crippen LogP contribution in [0.5, 0.6) is 0 Å². The van der Waals surface area contributed by atoms with E-state index in [1.807, 2.05) is 6.92 Å². The molecule has 116 valence electrons. The summed E-state index contributed by atoms with van der Waals surface area (Å²) >= 11 is 0. The van der Waals surface area contributed by atoms with E-state index in [1.54, 1.807) is 6.92 Å². The molecule has 1 amide bonds. The molecule has 0 saturated carbocycles. The molecule has 0 radical (unpaired) electrons. The first-order valence-electron chi connectivity index (χ1n) is 6.99. The summed E-state index contributed by atoms with van der Waals surface area (Å²) in [6, 6.07) is 0. The summed E-state index contributed by atoms with van der Waals surface area (Å²) in [5, 5.41) is 2.73. The molecular formula is C14H27NO4Si. The third kappa shape index (κ3) is 3.23. The first kappa shape index (κ1) is 17.2. The Morgan fingerprint density at radius 1 is 1.40 bits per heavy atom. The number of β-lactam (4-membered cyclic amide) rings is 1. The number of hydrogen-bond acceptors (Lipinski definition) is 4. The SMILES string of the molecule is CC(=O)O[C@@]1(C)NC(=O)[C@@H]1[C@@H](C)O[Si](C)(C)C(C)(C)C. The predicted octanol–water partition coefficient (Wildman–Crippen LogP) is 2.42. The second kappa shape index (κ2) is 5.15. The number of carbonyl (C=O) groups excluding carboxylic acids is 2. The monoisotopic (exact) mass is 301 g/mol. The molecule has 1 aliphatic heterocycles. The summed E-state index contributed by atoms with van der Waals surface area (Å²) in [5.74, 6) is -0.988. The van der Waals surface area contributed by atoms with E-state index >= 15 is 0 Å². The van der Waals surface area contributed by atoms with E-state index < -0.39 is 25.9 Å². The lowest BCUT2D eigenvalue weighted by Crippen LogP contribution is -2.73. The summed E-state index contributed by atoms with van der Waals surface area (Å²) in [6.07, 6.45) is -0.283. The lowest BCUT2D eigenvalue weighted by atomic mass is 9.83. The van der Waals surface area contributed by atoms with Gasteiger partial charge in [0.2, 0.25) is 5.91 Å². The highest BCUT2D eigenvalue weighted by molar-refractivity contribution is 6.74. The molecule has 0 unspecified atom stereocenters. The minimum absolute atomic E-state index is 0.0688. The molecule has 0 bridgehead atoms. The molecule has 1 saturated heterocycles. The van der Waals surface area contributed by atoms with Crippen LogP contribution in [0.2, 0.25) is 18.1 Å². The maximum Gasteiger partial charge on any atom is 0.304 e. The molecule has 1 rings (SSSR count). The molecule has 1 heterocycles. The van der Waals surface area contributed by atoms with Crippen LogP contribution in [-0.4, -0.2) is 32.0 Å². The van der Waals surface area contributed by atoms with Crippen LogP contribution in [0.3, 0.4) is 0 Å². The number of nitrogens with one attached hydrogen (secondary N) is 1. The largest absolute Gasteiger partial charge is 0.439 e. The van der Waals surface area contributed by atoms with Crippen molar-refractivity contribution in [3.8, 4) is 0 Å². The highest BCUT2D eigenvalue weighted by atomic mass is 28.4. The van der Waals surface area contributed by atoms with Gasteiger partial charge in [-0.3, -0.25) is 9.59 Å². The van der Waals surface area contributed by atoms with Crippen molar-refractivity contribution >= 4 is 20.2 Å². The van der Waals surface area contributed by atoms with Gasteiger partial charge < -0.3 is 14.5 Å². The van der Waals surface area contributed by atoms with Gasteiger partial charge in [0.15, 0.2) is 14.0 Å². The molecule has 20 heavy (non-hydrogen) atoms. The van der Waals surface area contributed by atoms with Crippen molar-refractivity contribution in [2.75, 3.05) is 0 Å². The second-order valence-electron chi connectivity index (χ2n) is 7.25. The highest BCUT2D eigenvalue weighted by Gasteiger charge is 2.57. The standard InChI is InChI=1S/C14H27NO4Si/c1-9(19-20(7,8)13(3,4)5)11-12(17)15-14(11,6)18-10(2)16/h9,11H,1-8H3,(H,15,17)/t9-,11+,14-/m1/s1. The smallest absolute Gasteiger partial charge is 0.304 e. The van der Waals surface area contributed by atoms with Gasteiger partial charge in [0, 0.05) is 6.92 Å². The lowest BCUT2D eigenvalue weighted by molar-refractivity contribution is -0.197. The molecule has 0 aromatic carbocycles. The summed E-state index contributed by atoms with van der Waals surface area (Å²) in [4.78, 5) is 23.0. The third-order valence-electron chi connectivity index (χ3n) is 4.36. The predicted molar refractivity (Wildman–Crippen MR) is 79.5 cm³/mol. The molecule has 0 aliphatic carbocycles. The summed E-state index contributed by atoms with van der Waals surface area (Å²) < 4.78 is 11.5. The first-order chi connectivity index (χ1) is 8.80. The van der Waals surface area contributed by atoms with E-state index in [0.29, 0.717) is 0 Å². The Kier molecular flexibility index (Phi) is 4.42. The van der Waals surface area contributed by atoms with Gasteiger partial charge in [0.05, 0.1) is 6.10 Å². The van der Waals surface area contributed by atoms with E-state index in [9.17, 15) is 9.59 Å². The quantitative estimate of drug-likeness (QED) is 0.492. The van der Waals surface area contributed by atoms with Crippen molar-refractivity contribution in [2.24, 2.45) is 5.92 Å². The number of amides is 1. The summed E-state index contributed by atoms with van der Waals surface area (Å²) in [5.41, 5.74) is -0.954. The fourth-order valence-electron chi connectivity index (χ4n) is 2.33. The van der Waals surface area contributed by atoms with E-state index in [-0.39, 0.29) is 17.0 Å². The Balaban J connectivity index is 2.83. The van der Waals surface area contributed by atoms with Crippen LogP contribution in [0.1, 0.15) is 41.5 Å². The molecule has 0 spiro atoms. The van der Waals surface area contributed by atoms with Crippen molar-refractivity contribution in [1.82, 2.24) is 5.32 Å². The van der Waals surface area contributed by atoms with E-state index in [1.165, 1.54) is 6.92 Å². The number of esters is 1. The van der Waals surface area contributed by atoms with Crippen molar-refractivity contribution in [2.45, 2.75) is 71.5 Å². The summed E-state index contributed by atoms with van der Waals surface area (Å²) in [7, 11) is -1.97. The number of rotatable bonds is 4. The van der Waals surface area contributed by atoms with Gasteiger partial charge in [0.1, 0.15) is 5.92 Å². The van der Waals surface area contributed by atoms with Gasteiger partial charge >= 0.3 is 5.97 Å². The van der Waals surface area contributed by atoms with Crippen LogP contribution in [0.25, 0.3) is 0 Å². The zero-order chi connectivity index (χ0) is 15.9. The lowest BCUT2D eigenvalue weighted by Gasteiger charge is -2.50. The van der Waals surface area contributed by atoms with E-state index in [4.69, 9.17) is 9.16 Å². The molecule has 5 nitrogen and oxygen atoms in total. The van der Waals surface area contributed by atoms with Crippen LogP contribution < -0.4 is 5.32 Å². The van der Waals surface area contributed by atoms with E-state index in [2.05, 4.69) is 39.2 Å². The molecule has 1 N–H and O–H groups in total. The number of carbonyl (C=O) groups is 2. The van der Waals surface area contributed by atoms with Crippen LogP contribution in [0.4, 0.5) is 0 Å². The molecular weight excluding hydrogens is 274 g/mol. The fourth-order valence-corrected chi connectivity index (χ4v) is 3.75. The average Bonchev–Trinajstić information content (AvgIpc) is 2.10. The Hall–Kier alpha value is -0.883. The van der Waals surface area contributed by atoms with E-state index in [0.717, 1.165) is 0 Å². The van der Waals surface area contributed by atoms with Crippen LogP contribution >= 0.6 is 0 Å². The zero-order valence-electron chi connectivity index (χ0n) is 13.8. The Labute approximate surface area is 122 Å². The topological polar surface area (TPSA) is 64.6 Å². The van der Waals surface area contributed by atoms with Gasteiger partial charge in [-0.1, -0.05) is 20.8 Å². The normalized spacial score (nSPS) is 28.4. The molecule has 1 fully saturated rings. The van der Waals surface area contributed by atoms with Crippen molar-refractivity contribution in [1.29, 1.82) is 0 Å². The Morgan fingerprint density at radius 3 is 2.25 bits per heavy atom.